The van der Waals surface area contributed by atoms with Crippen molar-refractivity contribution in [2.75, 3.05) is 6.54 Å². The zero-order valence-electron chi connectivity index (χ0n) is 14.4. The van der Waals surface area contributed by atoms with Gasteiger partial charge in [0.25, 0.3) is 5.91 Å². The number of nitrogens with zero attached hydrogens (tertiary/aromatic N) is 2. The number of alkyl halides is 3. The summed E-state index contributed by atoms with van der Waals surface area (Å²) in [5.74, 6) is -0.0123. The average Bonchev–Trinajstić information content (AvgIpc) is 3.10. The van der Waals surface area contributed by atoms with E-state index in [4.69, 9.17) is 4.42 Å². The summed E-state index contributed by atoms with van der Waals surface area (Å²) in [5, 5.41) is 2.62. The molecule has 2 heterocycles. The number of pyridine rings is 1. The van der Waals surface area contributed by atoms with Gasteiger partial charge in [-0.25, -0.2) is 4.98 Å². The molecule has 1 aromatic carbocycles. The molecule has 0 radical (unpaired) electrons. The molecule has 5 nitrogen and oxygen atoms in total. The van der Waals surface area contributed by atoms with E-state index >= 15 is 0 Å². The van der Waals surface area contributed by atoms with Gasteiger partial charge in [0.1, 0.15) is 12.0 Å². The summed E-state index contributed by atoms with van der Waals surface area (Å²) in [7, 11) is 0. The van der Waals surface area contributed by atoms with Gasteiger partial charge in [0.2, 0.25) is 5.89 Å². The number of aromatic nitrogens is 2. The Morgan fingerprint density at radius 2 is 1.89 bits per heavy atom. The van der Waals surface area contributed by atoms with E-state index in [1.165, 1.54) is 6.26 Å². The van der Waals surface area contributed by atoms with Gasteiger partial charge >= 0.3 is 6.18 Å². The molecule has 0 fully saturated rings. The van der Waals surface area contributed by atoms with Crippen molar-refractivity contribution in [3.05, 3.63) is 71.4 Å². The van der Waals surface area contributed by atoms with Gasteiger partial charge in [0, 0.05) is 24.7 Å². The number of carbonyl (C=O) groups excluding carboxylic acids is 1. The Kier molecular flexibility index (Phi) is 5.25. The monoisotopic (exact) mass is 375 g/mol. The fourth-order valence-corrected chi connectivity index (χ4v) is 2.35. The predicted octanol–water partition coefficient (Wildman–Crippen LogP) is 4.04. The summed E-state index contributed by atoms with van der Waals surface area (Å²) in [6.07, 6.45) is -1.68. The fraction of sp³-hybridized carbons (Fsp3) is 0.211. The second kappa shape index (κ2) is 7.61. The molecule has 3 rings (SSSR count). The molecule has 1 N–H and O–H groups in total. The first-order valence-corrected chi connectivity index (χ1v) is 8.16. The molecule has 0 aliphatic heterocycles. The van der Waals surface area contributed by atoms with Crippen molar-refractivity contribution in [2.24, 2.45) is 0 Å². The van der Waals surface area contributed by atoms with Crippen LogP contribution in [0.15, 0.2) is 53.3 Å². The van der Waals surface area contributed by atoms with Crippen molar-refractivity contribution in [1.29, 1.82) is 0 Å². The van der Waals surface area contributed by atoms with Crippen LogP contribution in [0.4, 0.5) is 13.2 Å². The molecule has 0 unspecified atom stereocenters. The molecule has 0 saturated carbocycles. The van der Waals surface area contributed by atoms with Gasteiger partial charge in [0.15, 0.2) is 0 Å². The van der Waals surface area contributed by atoms with E-state index in [9.17, 15) is 18.0 Å². The molecule has 0 aliphatic carbocycles. The number of benzene rings is 1. The van der Waals surface area contributed by atoms with E-state index in [-0.39, 0.29) is 12.1 Å². The maximum absolute atomic E-state index is 12.5. The molecule has 0 spiro atoms. The van der Waals surface area contributed by atoms with Crippen LogP contribution in [0.5, 0.6) is 0 Å². The van der Waals surface area contributed by atoms with Crippen molar-refractivity contribution >= 4 is 5.91 Å². The Balaban J connectivity index is 1.54. The van der Waals surface area contributed by atoms with Gasteiger partial charge in [-0.1, -0.05) is 17.7 Å². The Morgan fingerprint density at radius 1 is 1.15 bits per heavy atom. The first-order valence-electron chi connectivity index (χ1n) is 8.16. The first kappa shape index (κ1) is 18.6. The smallest absolute Gasteiger partial charge is 0.433 e. The summed E-state index contributed by atoms with van der Waals surface area (Å²) >= 11 is 0. The molecule has 0 atom stereocenters. The number of rotatable bonds is 5. The van der Waals surface area contributed by atoms with E-state index in [1.54, 1.807) is 0 Å². The van der Waals surface area contributed by atoms with Crippen LogP contribution in [0.25, 0.3) is 11.5 Å². The molecule has 3 aromatic rings. The second-order valence-corrected chi connectivity index (χ2v) is 5.95. The lowest BCUT2D eigenvalue weighted by atomic mass is 10.1. The molecular weight excluding hydrogens is 359 g/mol. The van der Waals surface area contributed by atoms with Gasteiger partial charge in [-0.2, -0.15) is 13.2 Å². The van der Waals surface area contributed by atoms with Crippen molar-refractivity contribution in [1.82, 2.24) is 15.3 Å². The number of aryl methyl sites for hydroxylation is 1. The maximum atomic E-state index is 12.5. The summed E-state index contributed by atoms with van der Waals surface area (Å²) in [6.45, 7) is 2.25. The normalized spacial score (nSPS) is 11.4. The quantitative estimate of drug-likeness (QED) is 0.731. The van der Waals surface area contributed by atoms with Crippen LogP contribution >= 0.6 is 0 Å². The fourth-order valence-electron chi connectivity index (χ4n) is 2.35. The van der Waals surface area contributed by atoms with Gasteiger partial charge in [-0.05, 0) is 31.2 Å². The Morgan fingerprint density at radius 3 is 2.52 bits per heavy atom. The van der Waals surface area contributed by atoms with Crippen molar-refractivity contribution < 1.29 is 22.4 Å². The lowest BCUT2D eigenvalue weighted by Crippen LogP contribution is -2.26. The van der Waals surface area contributed by atoms with E-state index in [2.05, 4.69) is 15.3 Å². The highest BCUT2D eigenvalue weighted by Crippen LogP contribution is 2.27. The summed E-state index contributed by atoms with van der Waals surface area (Å²) in [4.78, 5) is 19.6. The minimum Gasteiger partial charge on any atom is -0.444 e. The lowest BCUT2D eigenvalue weighted by Gasteiger charge is -2.07. The van der Waals surface area contributed by atoms with Crippen LogP contribution in [-0.4, -0.2) is 22.4 Å². The first-order chi connectivity index (χ1) is 12.8. The minimum atomic E-state index is -4.53. The van der Waals surface area contributed by atoms with Gasteiger partial charge in [0.05, 0.1) is 11.3 Å². The summed E-state index contributed by atoms with van der Waals surface area (Å²) in [5.41, 5.74) is 1.67. The van der Waals surface area contributed by atoms with Crippen molar-refractivity contribution in [3.8, 4) is 11.5 Å². The molecule has 0 saturated heterocycles. The number of hydrogen-bond acceptors (Lipinski definition) is 4. The van der Waals surface area contributed by atoms with E-state index in [0.717, 1.165) is 29.5 Å². The van der Waals surface area contributed by atoms with E-state index in [0.29, 0.717) is 18.0 Å². The zero-order valence-corrected chi connectivity index (χ0v) is 14.4. The average molecular weight is 375 g/mol. The summed E-state index contributed by atoms with van der Waals surface area (Å²) < 4.78 is 42.9. The third-order valence-electron chi connectivity index (χ3n) is 3.83. The molecule has 1 amide bonds. The van der Waals surface area contributed by atoms with Crippen molar-refractivity contribution in [3.63, 3.8) is 0 Å². The van der Waals surface area contributed by atoms with Crippen LogP contribution in [-0.2, 0) is 12.6 Å². The lowest BCUT2D eigenvalue weighted by molar-refractivity contribution is -0.141. The second-order valence-electron chi connectivity index (χ2n) is 5.95. The van der Waals surface area contributed by atoms with Crippen LogP contribution in [0.1, 0.15) is 27.3 Å². The highest BCUT2D eigenvalue weighted by molar-refractivity contribution is 5.93. The molecule has 2 aromatic heterocycles. The molecule has 140 valence electrons. The van der Waals surface area contributed by atoms with Crippen molar-refractivity contribution in [2.45, 2.75) is 19.5 Å². The number of carbonyl (C=O) groups is 1. The molecule has 0 aliphatic rings. The van der Waals surface area contributed by atoms with Crippen LogP contribution in [0.3, 0.4) is 0 Å². The number of halogens is 3. The molecule has 27 heavy (non-hydrogen) atoms. The summed E-state index contributed by atoms with van der Waals surface area (Å²) in [6, 6.07) is 9.60. The molecular formula is C19H16F3N3O2. The standard InChI is InChI=1S/C19H16F3N3O2/c1-12-2-4-13(5-3-12)18-25-15(11-27-18)8-9-23-17(26)14-6-7-16(24-10-14)19(20,21)22/h2-7,10-11H,8-9H2,1H3,(H,23,26). The third kappa shape index (κ3) is 4.72. The van der Waals surface area contributed by atoms with Gasteiger partial charge in [-0.3, -0.25) is 9.78 Å². The maximum Gasteiger partial charge on any atom is 0.433 e. The molecule has 0 bridgehead atoms. The Labute approximate surface area is 153 Å². The zero-order chi connectivity index (χ0) is 19.4. The molecule has 8 heteroatoms. The van der Waals surface area contributed by atoms with Gasteiger partial charge in [-0.15, -0.1) is 0 Å². The van der Waals surface area contributed by atoms with E-state index < -0.39 is 17.8 Å². The Bertz CT molecular complexity index is 917. The van der Waals surface area contributed by atoms with Crippen LogP contribution in [0, 0.1) is 6.92 Å². The SMILES string of the molecule is Cc1ccc(-c2nc(CCNC(=O)c3ccc(C(F)(F)F)nc3)co2)cc1. The van der Waals surface area contributed by atoms with Gasteiger partial charge < -0.3 is 9.73 Å². The largest absolute Gasteiger partial charge is 0.444 e. The number of oxazole rings is 1. The topological polar surface area (TPSA) is 68.0 Å². The number of hydrogen-bond donors (Lipinski definition) is 1. The highest BCUT2D eigenvalue weighted by Gasteiger charge is 2.32. The van der Waals surface area contributed by atoms with E-state index in [1.807, 2.05) is 31.2 Å². The third-order valence-corrected chi connectivity index (χ3v) is 3.83. The van der Waals surface area contributed by atoms with Crippen LogP contribution < -0.4 is 5.32 Å². The number of amides is 1. The number of nitrogens with one attached hydrogen (secondary N) is 1. The highest BCUT2D eigenvalue weighted by atomic mass is 19.4. The van der Waals surface area contributed by atoms with Crippen LogP contribution in [0.2, 0.25) is 0 Å². The predicted molar refractivity (Wildman–Crippen MR) is 92.0 cm³/mol. The minimum absolute atomic E-state index is 0.0588. The Hall–Kier alpha value is -3.16.